The van der Waals surface area contributed by atoms with Crippen LogP contribution in [0.15, 0.2) is 48.5 Å². The van der Waals surface area contributed by atoms with E-state index in [0.29, 0.717) is 10.6 Å². The van der Waals surface area contributed by atoms with Crippen molar-refractivity contribution in [2.24, 2.45) is 0 Å². The first-order chi connectivity index (χ1) is 13.3. The van der Waals surface area contributed by atoms with E-state index in [-0.39, 0.29) is 30.8 Å². The molecule has 0 saturated carbocycles. The van der Waals surface area contributed by atoms with Crippen LogP contribution in [0.4, 0.5) is 4.39 Å². The van der Waals surface area contributed by atoms with Crippen molar-refractivity contribution in [3.8, 4) is 0 Å². The predicted molar refractivity (Wildman–Crippen MR) is 109 cm³/mol. The Morgan fingerprint density at radius 1 is 1.11 bits per heavy atom. The number of nitrogens with zero attached hydrogens (tertiary/aromatic N) is 1. The number of hydrogen-bond acceptors (Lipinski definition) is 2. The zero-order chi connectivity index (χ0) is 20.7. The SMILES string of the molecule is CCC(C)NC(=O)C(C)N(Cc1ccc(Cl)cc1)C(=O)Cc1ccccc1F. The molecule has 2 aromatic carbocycles. The van der Waals surface area contributed by atoms with Crippen molar-refractivity contribution in [1.29, 1.82) is 0 Å². The fourth-order valence-corrected chi connectivity index (χ4v) is 2.87. The quantitative estimate of drug-likeness (QED) is 0.710. The normalized spacial score (nSPS) is 12.9. The van der Waals surface area contributed by atoms with Crippen molar-refractivity contribution >= 4 is 23.4 Å². The van der Waals surface area contributed by atoms with Crippen LogP contribution >= 0.6 is 11.6 Å². The Balaban J connectivity index is 2.23. The first kappa shape index (κ1) is 21.9. The number of carbonyl (C=O) groups excluding carboxylic acids is 2. The molecule has 0 bridgehead atoms. The van der Waals surface area contributed by atoms with Crippen LogP contribution in [0.5, 0.6) is 0 Å². The molecule has 0 radical (unpaired) electrons. The summed E-state index contributed by atoms with van der Waals surface area (Å²) in [6, 6.07) is 12.6. The maximum atomic E-state index is 14.0. The van der Waals surface area contributed by atoms with Crippen molar-refractivity contribution in [1.82, 2.24) is 10.2 Å². The Kier molecular flexibility index (Phi) is 8.00. The Morgan fingerprint density at radius 2 is 1.75 bits per heavy atom. The number of carbonyl (C=O) groups is 2. The van der Waals surface area contributed by atoms with E-state index in [2.05, 4.69) is 5.32 Å². The van der Waals surface area contributed by atoms with Gasteiger partial charge in [-0.2, -0.15) is 0 Å². The number of halogens is 2. The molecule has 0 heterocycles. The predicted octanol–water partition coefficient (Wildman–Crippen LogP) is 4.35. The largest absolute Gasteiger partial charge is 0.352 e. The topological polar surface area (TPSA) is 49.4 Å². The third-order valence-corrected chi connectivity index (χ3v) is 4.99. The smallest absolute Gasteiger partial charge is 0.242 e. The number of amides is 2. The first-order valence-corrected chi connectivity index (χ1v) is 9.77. The summed E-state index contributed by atoms with van der Waals surface area (Å²) >= 11 is 5.94. The van der Waals surface area contributed by atoms with Crippen molar-refractivity contribution in [3.05, 3.63) is 70.5 Å². The molecule has 2 atom stereocenters. The van der Waals surface area contributed by atoms with E-state index in [1.807, 2.05) is 26.0 Å². The van der Waals surface area contributed by atoms with Gasteiger partial charge in [0.15, 0.2) is 0 Å². The van der Waals surface area contributed by atoms with Gasteiger partial charge in [0, 0.05) is 17.6 Å². The number of rotatable bonds is 8. The standard InChI is InChI=1S/C22H26ClFN2O2/c1-4-15(2)25-22(28)16(3)26(14-17-9-11-19(23)12-10-17)21(27)13-18-7-5-6-8-20(18)24/h5-12,15-16H,4,13-14H2,1-3H3,(H,25,28). The minimum atomic E-state index is -0.691. The summed E-state index contributed by atoms with van der Waals surface area (Å²) in [7, 11) is 0. The monoisotopic (exact) mass is 404 g/mol. The van der Waals surface area contributed by atoms with E-state index in [1.165, 1.54) is 11.0 Å². The summed E-state index contributed by atoms with van der Waals surface area (Å²) in [5.41, 5.74) is 1.15. The molecule has 2 unspecified atom stereocenters. The Morgan fingerprint density at radius 3 is 2.36 bits per heavy atom. The molecule has 28 heavy (non-hydrogen) atoms. The second kappa shape index (κ2) is 10.2. The highest BCUT2D eigenvalue weighted by Gasteiger charge is 2.27. The van der Waals surface area contributed by atoms with Crippen LogP contribution in [0.2, 0.25) is 5.02 Å². The molecule has 0 spiro atoms. The van der Waals surface area contributed by atoms with Gasteiger partial charge in [0.05, 0.1) is 6.42 Å². The lowest BCUT2D eigenvalue weighted by Crippen LogP contribution is -2.49. The Labute approximate surface area is 170 Å². The molecular weight excluding hydrogens is 379 g/mol. The maximum absolute atomic E-state index is 14.0. The summed E-state index contributed by atoms with van der Waals surface area (Å²) in [4.78, 5) is 27.1. The summed E-state index contributed by atoms with van der Waals surface area (Å²) < 4.78 is 14.0. The maximum Gasteiger partial charge on any atom is 0.242 e. The third kappa shape index (κ3) is 6.06. The van der Waals surface area contributed by atoms with Gasteiger partial charge in [-0.05, 0) is 49.6 Å². The summed E-state index contributed by atoms with van der Waals surface area (Å²) in [6.45, 7) is 5.81. The molecule has 150 valence electrons. The lowest BCUT2D eigenvalue weighted by Gasteiger charge is -2.30. The van der Waals surface area contributed by atoms with Gasteiger partial charge in [-0.15, -0.1) is 0 Å². The first-order valence-electron chi connectivity index (χ1n) is 9.39. The van der Waals surface area contributed by atoms with E-state index >= 15 is 0 Å². The lowest BCUT2D eigenvalue weighted by atomic mass is 10.1. The van der Waals surface area contributed by atoms with Crippen LogP contribution in [0, 0.1) is 5.82 Å². The minimum absolute atomic E-state index is 0.00833. The summed E-state index contributed by atoms with van der Waals surface area (Å²) in [6.07, 6.45) is 0.681. The van der Waals surface area contributed by atoms with Gasteiger partial charge >= 0.3 is 0 Å². The molecule has 0 aliphatic rings. The van der Waals surface area contributed by atoms with Crippen molar-refractivity contribution in [2.45, 2.75) is 52.2 Å². The lowest BCUT2D eigenvalue weighted by molar-refractivity contribution is -0.140. The molecule has 0 aromatic heterocycles. The van der Waals surface area contributed by atoms with Crippen molar-refractivity contribution in [2.75, 3.05) is 0 Å². The molecule has 4 nitrogen and oxygen atoms in total. The molecule has 2 amide bonds. The van der Waals surface area contributed by atoms with Crippen LogP contribution < -0.4 is 5.32 Å². The molecule has 0 saturated heterocycles. The molecule has 2 rings (SSSR count). The van der Waals surface area contributed by atoms with E-state index in [4.69, 9.17) is 11.6 Å². The molecule has 0 aliphatic heterocycles. The van der Waals surface area contributed by atoms with Crippen LogP contribution in [0.3, 0.4) is 0 Å². The van der Waals surface area contributed by atoms with Gasteiger partial charge in [-0.3, -0.25) is 9.59 Å². The highest BCUT2D eigenvalue weighted by molar-refractivity contribution is 6.30. The summed E-state index contributed by atoms with van der Waals surface area (Å²) in [5, 5.41) is 3.50. The number of benzene rings is 2. The van der Waals surface area contributed by atoms with Gasteiger partial charge in [-0.25, -0.2) is 4.39 Å². The highest BCUT2D eigenvalue weighted by Crippen LogP contribution is 2.16. The molecule has 6 heteroatoms. The fraction of sp³-hybridized carbons (Fsp3) is 0.364. The molecular formula is C22H26ClFN2O2. The Bertz CT molecular complexity index is 810. The molecule has 0 fully saturated rings. The summed E-state index contributed by atoms with van der Waals surface area (Å²) in [5.74, 6) is -0.976. The fourth-order valence-electron chi connectivity index (χ4n) is 2.74. The van der Waals surface area contributed by atoms with Crippen LogP contribution in [0.25, 0.3) is 0 Å². The molecule has 2 aromatic rings. The second-order valence-corrected chi connectivity index (χ2v) is 7.35. The average Bonchev–Trinajstić information content (AvgIpc) is 2.68. The van der Waals surface area contributed by atoms with Gasteiger partial charge in [-0.1, -0.05) is 48.9 Å². The number of nitrogens with one attached hydrogen (secondary N) is 1. The number of hydrogen-bond donors (Lipinski definition) is 1. The third-order valence-electron chi connectivity index (χ3n) is 4.73. The van der Waals surface area contributed by atoms with E-state index in [9.17, 15) is 14.0 Å². The van der Waals surface area contributed by atoms with Gasteiger partial charge in [0.2, 0.25) is 11.8 Å². The van der Waals surface area contributed by atoms with Gasteiger partial charge in [0.25, 0.3) is 0 Å². The van der Waals surface area contributed by atoms with E-state index in [1.54, 1.807) is 37.3 Å². The Hall–Kier alpha value is -2.40. The van der Waals surface area contributed by atoms with Crippen LogP contribution in [-0.4, -0.2) is 28.8 Å². The molecule has 0 aliphatic carbocycles. The zero-order valence-corrected chi connectivity index (χ0v) is 17.2. The molecule has 1 N–H and O–H groups in total. The average molecular weight is 405 g/mol. The minimum Gasteiger partial charge on any atom is -0.352 e. The van der Waals surface area contributed by atoms with Crippen LogP contribution in [0.1, 0.15) is 38.3 Å². The van der Waals surface area contributed by atoms with Gasteiger partial charge < -0.3 is 10.2 Å². The van der Waals surface area contributed by atoms with Crippen molar-refractivity contribution in [3.63, 3.8) is 0 Å². The van der Waals surface area contributed by atoms with E-state index < -0.39 is 11.9 Å². The van der Waals surface area contributed by atoms with Crippen LogP contribution in [-0.2, 0) is 22.6 Å². The van der Waals surface area contributed by atoms with Crippen molar-refractivity contribution < 1.29 is 14.0 Å². The second-order valence-electron chi connectivity index (χ2n) is 6.91. The van der Waals surface area contributed by atoms with E-state index in [0.717, 1.165) is 12.0 Å². The van der Waals surface area contributed by atoms with Gasteiger partial charge in [0.1, 0.15) is 11.9 Å². The highest BCUT2D eigenvalue weighted by atomic mass is 35.5. The zero-order valence-electron chi connectivity index (χ0n) is 16.4.